The first-order chi connectivity index (χ1) is 13.8. The number of nitrogens with zero attached hydrogens (tertiary/aromatic N) is 4. The fraction of sp³-hybridized carbons (Fsp3) is 0.545. The first kappa shape index (κ1) is 17.9. The van der Waals surface area contributed by atoms with Crippen molar-refractivity contribution in [3.8, 4) is 0 Å². The van der Waals surface area contributed by atoms with Crippen LogP contribution in [0.15, 0.2) is 35.0 Å². The van der Waals surface area contributed by atoms with Crippen molar-refractivity contribution in [2.75, 3.05) is 19.7 Å². The average Bonchev–Trinajstić information content (AvgIpc) is 3.39. The first-order valence-electron chi connectivity index (χ1n) is 10.5. The van der Waals surface area contributed by atoms with Crippen molar-refractivity contribution in [1.82, 2.24) is 19.6 Å². The van der Waals surface area contributed by atoms with Crippen LogP contribution in [-0.2, 0) is 24.8 Å². The average molecular weight is 380 g/mol. The van der Waals surface area contributed by atoms with Gasteiger partial charge in [-0.2, -0.15) is 4.98 Å². The Bertz CT molecular complexity index is 935. The van der Waals surface area contributed by atoms with Crippen molar-refractivity contribution in [2.45, 2.75) is 50.7 Å². The zero-order valence-corrected chi connectivity index (χ0v) is 16.5. The van der Waals surface area contributed by atoms with Crippen LogP contribution in [-0.4, -0.2) is 45.4 Å². The van der Waals surface area contributed by atoms with Crippen molar-refractivity contribution < 1.29 is 9.26 Å². The summed E-state index contributed by atoms with van der Waals surface area (Å²) in [4.78, 5) is 7.02. The van der Waals surface area contributed by atoms with Gasteiger partial charge in [0.1, 0.15) is 0 Å². The van der Waals surface area contributed by atoms with Gasteiger partial charge < -0.3 is 13.8 Å². The summed E-state index contributed by atoms with van der Waals surface area (Å²) in [7, 11) is 2.13. The number of likely N-dealkylation sites (tertiary alicyclic amines) is 1. The fourth-order valence-electron chi connectivity index (χ4n) is 4.21. The predicted octanol–water partition coefficient (Wildman–Crippen LogP) is 3.66. The molecule has 2 fully saturated rings. The summed E-state index contributed by atoms with van der Waals surface area (Å²) in [6.07, 6.45) is 7.92. The van der Waals surface area contributed by atoms with E-state index in [2.05, 4.69) is 57.1 Å². The number of hydrogen-bond acceptors (Lipinski definition) is 5. The summed E-state index contributed by atoms with van der Waals surface area (Å²) in [5.41, 5.74) is 2.73. The third kappa shape index (κ3) is 3.84. The van der Waals surface area contributed by atoms with Gasteiger partial charge in [0.15, 0.2) is 5.82 Å². The van der Waals surface area contributed by atoms with Gasteiger partial charge >= 0.3 is 0 Å². The Morgan fingerprint density at radius 2 is 1.96 bits per heavy atom. The van der Waals surface area contributed by atoms with Crippen LogP contribution in [0.25, 0.3) is 10.9 Å². The van der Waals surface area contributed by atoms with Crippen molar-refractivity contribution in [2.24, 2.45) is 7.05 Å². The zero-order valence-electron chi connectivity index (χ0n) is 16.5. The Morgan fingerprint density at radius 1 is 1.14 bits per heavy atom. The second-order valence-electron chi connectivity index (χ2n) is 8.20. The van der Waals surface area contributed by atoms with E-state index in [1.807, 2.05) is 0 Å². The molecule has 6 heteroatoms. The van der Waals surface area contributed by atoms with Crippen LogP contribution in [0, 0.1) is 0 Å². The van der Waals surface area contributed by atoms with Crippen LogP contribution in [0.5, 0.6) is 0 Å². The highest BCUT2D eigenvalue weighted by Crippen LogP contribution is 2.38. The molecule has 0 spiro atoms. The van der Waals surface area contributed by atoms with Gasteiger partial charge in [0.25, 0.3) is 0 Å². The van der Waals surface area contributed by atoms with Crippen LogP contribution in [0.3, 0.4) is 0 Å². The number of para-hydroxylation sites is 1. The van der Waals surface area contributed by atoms with Gasteiger partial charge in [-0.3, -0.25) is 4.90 Å². The zero-order chi connectivity index (χ0) is 18.9. The number of aromatic nitrogens is 3. The molecule has 0 N–H and O–H groups in total. The molecule has 2 aliphatic rings. The topological polar surface area (TPSA) is 56.3 Å². The maximum absolute atomic E-state index is 6.09. The molecule has 2 aromatic heterocycles. The van der Waals surface area contributed by atoms with Crippen LogP contribution < -0.4 is 0 Å². The summed E-state index contributed by atoms with van der Waals surface area (Å²) < 4.78 is 13.6. The smallest absolute Gasteiger partial charge is 0.229 e. The molecule has 0 bridgehead atoms. The van der Waals surface area contributed by atoms with Gasteiger partial charge in [0.05, 0.1) is 12.7 Å². The first-order valence-corrected chi connectivity index (χ1v) is 10.5. The minimum atomic E-state index is 0.346. The minimum Gasteiger partial charge on any atom is -0.378 e. The number of hydrogen-bond donors (Lipinski definition) is 0. The lowest BCUT2D eigenvalue weighted by Crippen LogP contribution is -2.36. The standard InChI is InChI=1S/C22H28N4O2/c1-25-14-17(19-4-2-3-5-20(19)25)15-26-11-8-18(9-12-26)27-13-10-21-23-22(28-24-21)16-6-7-16/h2-5,14,16,18H,6-13,15H2,1H3. The third-order valence-electron chi connectivity index (χ3n) is 6.00. The Kier molecular flexibility index (Phi) is 4.91. The monoisotopic (exact) mass is 380 g/mol. The molecule has 3 heterocycles. The molecular formula is C22H28N4O2. The van der Waals surface area contributed by atoms with E-state index in [-0.39, 0.29) is 0 Å². The summed E-state index contributed by atoms with van der Waals surface area (Å²) in [6.45, 7) is 3.86. The van der Waals surface area contributed by atoms with Crippen molar-refractivity contribution >= 4 is 10.9 Å². The van der Waals surface area contributed by atoms with E-state index in [1.54, 1.807) is 0 Å². The molecular weight excluding hydrogens is 352 g/mol. The lowest BCUT2D eigenvalue weighted by atomic mass is 10.1. The van der Waals surface area contributed by atoms with E-state index < -0.39 is 0 Å². The molecule has 3 aromatic rings. The van der Waals surface area contributed by atoms with Crippen LogP contribution in [0.4, 0.5) is 0 Å². The van der Waals surface area contributed by atoms with E-state index in [9.17, 15) is 0 Å². The number of piperidine rings is 1. The highest BCUT2D eigenvalue weighted by atomic mass is 16.5. The number of ether oxygens (including phenoxy) is 1. The molecule has 1 saturated carbocycles. The summed E-state index contributed by atoms with van der Waals surface area (Å²) in [5.74, 6) is 2.13. The number of fused-ring (bicyclic) bond motifs is 1. The molecule has 28 heavy (non-hydrogen) atoms. The van der Waals surface area contributed by atoms with Gasteiger partial charge in [-0.25, -0.2) is 0 Å². The molecule has 148 valence electrons. The number of rotatable bonds is 7. The molecule has 6 nitrogen and oxygen atoms in total. The quantitative estimate of drug-likeness (QED) is 0.626. The summed E-state index contributed by atoms with van der Waals surface area (Å²) in [5, 5.41) is 5.44. The highest BCUT2D eigenvalue weighted by Gasteiger charge is 2.29. The van der Waals surface area contributed by atoms with E-state index in [0.29, 0.717) is 18.6 Å². The predicted molar refractivity (Wildman–Crippen MR) is 107 cm³/mol. The van der Waals surface area contributed by atoms with E-state index in [1.165, 1.54) is 29.3 Å². The van der Waals surface area contributed by atoms with Gasteiger partial charge in [0.2, 0.25) is 5.89 Å². The summed E-state index contributed by atoms with van der Waals surface area (Å²) >= 11 is 0. The Balaban J connectivity index is 1.08. The SMILES string of the molecule is Cn1cc(CN2CCC(OCCc3noc(C4CC4)n3)CC2)c2ccccc21. The number of aryl methyl sites for hydroxylation is 1. The second-order valence-corrected chi connectivity index (χ2v) is 8.20. The molecule has 0 atom stereocenters. The van der Waals surface area contributed by atoms with Gasteiger partial charge in [-0.1, -0.05) is 23.4 Å². The molecule has 1 aromatic carbocycles. The van der Waals surface area contributed by atoms with Crippen LogP contribution in [0.1, 0.15) is 48.9 Å². The highest BCUT2D eigenvalue weighted by molar-refractivity contribution is 5.83. The van der Waals surface area contributed by atoms with Crippen molar-refractivity contribution in [3.63, 3.8) is 0 Å². The number of benzene rings is 1. The molecule has 0 amide bonds. The lowest BCUT2D eigenvalue weighted by molar-refractivity contribution is 0.00683. The summed E-state index contributed by atoms with van der Waals surface area (Å²) in [6, 6.07) is 8.66. The molecule has 0 unspecified atom stereocenters. The molecule has 5 rings (SSSR count). The lowest BCUT2D eigenvalue weighted by Gasteiger charge is -2.31. The minimum absolute atomic E-state index is 0.346. The van der Waals surface area contributed by atoms with Gasteiger partial charge in [-0.15, -0.1) is 0 Å². The van der Waals surface area contributed by atoms with Crippen LogP contribution in [0.2, 0.25) is 0 Å². The van der Waals surface area contributed by atoms with Crippen molar-refractivity contribution in [1.29, 1.82) is 0 Å². The maximum atomic E-state index is 6.09. The Labute approximate surface area is 165 Å². The van der Waals surface area contributed by atoms with E-state index >= 15 is 0 Å². The largest absolute Gasteiger partial charge is 0.378 e. The van der Waals surface area contributed by atoms with Crippen molar-refractivity contribution in [3.05, 3.63) is 47.7 Å². The van der Waals surface area contributed by atoms with Crippen LogP contribution >= 0.6 is 0 Å². The Hall–Kier alpha value is -2.18. The normalized spacial score (nSPS) is 18.9. The molecule has 1 saturated heterocycles. The Morgan fingerprint density at radius 3 is 2.79 bits per heavy atom. The molecule has 0 radical (unpaired) electrons. The molecule has 1 aliphatic heterocycles. The van der Waals surface area contributed by atoms with E-state index in [0.717, 1.165) is 50.6 Å². The molecule has 1 aliphatic carbocycles. The van der Waals surface area contributed by atoms with E-state index in [4.69, 9.17) is 9.26 Å². The second kappa shape index (κ2) is 7.68. The van der Waals surface area contributed by atoms with Gasteiger partial charge in [0, 0.05) is 56.1 Å². The fourth-order valence-corrected chi connectivity index (χ4v) is 4.21. The van der Waals surface area contributed by atoms with Gasteiger partial charge in [-0.05, 0) is 37.3 Å². The third-order valence-corrected chi connectivity index (χ3v) is 6.00. The maximum Gasteiger partial charge on any atom is 0.229 e.